The molecule has 2 aromatic carbocycles. The number of ether oxygens (including phenoxy) is 1. The Morgan fingerprint density at radius 3 is 2.46 bits per heavy atom. The van der Waals surface area contributed by atoms with Gasteiger partial charge in [0.2, 0.25) is 0 Å². The van der Waals surface area contributed by atoms with Crippen LogP contribution in [-0.4, -0.2) is 54.4 Å². The number of anilines is 1. The van der Waals surface area contributed by atoms with Crippen molar-refractivity contribution in [3.8, 4) is 11.5 Å². The van der Waals surface area contributed by atoms with E-state index in [-0.39, 0.29) is 5.75 Å². The molecule has 26 heavy (non-hydrogen) atoms. The van der Waals surface area contributed by atoms with Gasteiger partial charge in [0.15, 0.2) is 0 Å². The molecule has 0 bridgehead atoms. The van der Waals surface area contributed by atoms with Crippen LogP contribution in [-0.2, 0) is 4.79 Å². The number of halogens is 1. The monoisotopic (exact) mass is 360 g/mol. The molecule has 0 amide bonds. The fourth-order valence-corrected chi connectivity index (χ4v) is 3.32. The smallest absolute Gasteiger partial charge is 0.325 e. The van der Waals surface area contributed by atoms with Crippen molar-refractivity contribution in [1.29, 1.82) is 0 Å². The Balaban J connectivity index is 1.78. The van der Waals surface area contributed by atoms with Crippen molar-refractivity contribution in [3.63, 3.8) is 0 Å². The van der Waals surface area contributed by atoms with Crippen molar-refractivity contribution in [3.05, 3.63) is 53.8 Å². The summed E-state index contributed by atoms with van der Waals surface area (Å²) in [6, 6.07) is 10.1. The number of hydrogen-bond acceptors (Lipinski definition) is 5. The molecule has 138 valence electrons. The highest BCUT2D eigenvalue weighted by Gasteiger charge is 2.31. The molecule has 6 nitrogen and oxygen atoms in total. The highest BCUT2D eigenvalue weighted by molar-refractivity contribution is 5.76. The van der Waals surface area contributed by atoms with Crippen LogP contribution in [0, 0.1) is 5.82 Å². The predicted molar refractivity (Wildman–Crippen MR) is 95.2 cm³/mol. The minimum Gasteiger partial charge on any atom is -0.506 e. The number of hydrogen-bond donors (Lipinski definition) is 2. The van der Waals surface area contributed by atoms with Crippen LogP contribution in [0.1, 0.15) is 11.6 Å². The summed E-state index contributed by atoms with van der Waals surface area (Å²) in [5, 5.41) is 19.7. The van der Waals surface area contributed by atoms with Crippen molar-refractivity contribution < 1.29 is 24.1 Å². The first-order valence-electron chi connectivity index (χ1n) is 8.34. The number of rotatable bonds is 5. The third kappa shape index (κ3) is 3.72. The molecule has 7 heteroatoms. The average molecular weight is 360 g/mol. The molecule has 1 saturated heterocycles. The Kier molecular flexibility index (Phi) is 5.27. The van der Waals surface area contributed by atoms with E-state index in [4.69, 9.17) is 4.74 Å². The lowest BCUT2D eigenvalue weighted by Gasteiger charge is -2.39. The minimum absolute atomic E-state index is 0.200. The predicted octanol–water partition coefficient (Wildman–Crippen LogP) is 2.49. The van der Waals surface area contributed by atoms with E-state index in [2.05, 4.69) is 0 Å². The Labute approximate surface area is 151 Å². The molecule has 0 spiro atoms. The molecule has 0 saturated carbocycles. The lowest BCUT2D eigenvalue weighted by atomic mass is 10.0. The van der Waals surface area contributed by atoms with Gasteiger partial charge in [-0.15, -0.1) is 0 Å². The van der Waals surface area contributed by atoms with Crippen molar-refractivity contribution in [2.75, 3.05) is 38.2 Å². The van der Waals surface area contributed by atoms with Gasteiger partial charge in [-0.2, -0.15) is 0 Å². The molecule has 0 aliphatic carbocycles. The molecule has 1 aliphatic heterocycles. The van der Waals surface area contributed by atoms with Crippen LogP contribution < -0.4 is 9.64 Å². The summed E-state index contributed by atoms with van der Waals surface area (Å²) in [4.78, 5) is 15.7. The van der Waals surface area contributed by atoms with E-state index in [1.165, 1.54) is 19.2 Å². The second kappa shape index (κ2) is 7.61. The van der Waals surface area contributed by atoms with Crippen LogP contribution in [0.2, 0.25) is 0 Å². The largest absolute Gasteiger partial charge is 0.506 e. The van der Waals surface area contributed by atoms with Gasteiger partial charge in [-0.1, -0.05) is 12.1 Å². The third-order valence-electron chi connectivity index (χ3n) is 4.58. The second-order valence-corrected chi connectivity index (χ2v) is 6.18. The van der Waals surface area contributed by atoms with Crippen LogP contribution in [0.4, 0.5) is 10.1 Å². The zero-order valence-corrected chi connectivity index (χ0v) is 14.4. The van der Waals surface area contributed by atoms with E-state index in [0.717, 1.165) is 5.69 Å². The fourth-order valence-electron chi connectivity index (χ4n) is 3.32. The third-order valence-corrected chi connectivity index (χ3v) is 4.58. The molecule has 0 unspecified atom stereocenters. The molecule has 0 aromatic heterocycles. The average Bonchev–Trinajstić information content (AvgIpc) is 2.62. The normalized spacial score (nSPS) is 16.3. The second-order valence-electron chi connectivity index (χ2n) is 6.18. The van der Waals surface area contributed by atoms with Gasteiger partial charge in [-0.05, 0) is 29.8 Å². The van der Waals surface area contributed by atoms with E-state index in [1.54, 1.807) is 23.1 Å². The molecule has 1 aliphatic rings. The summed E-state index contributed by atoms with van der Waals surface area (Å²) in [6.45, 7) is 2.08. The number of nitrogens with zero attached hydrogens (tertiary/aromatic N) is 2. The molecule has 3 rings (SSSR count). The summed E-state index contributed by atoms with van der Waals surface area (Å²) >= 11 is 0. The van der Waals surface area contributed by atoms with Gasteiger partial charge in [0.1, 0.15) is 23.4 Å². The van der Waals surface area contributed by atoms with Crippen molar-refractivity contribution in [2.24, 2.45) is 0 Å². The van der Waals surface area contributed by atoms with E-state index < -0.39 is 17.8 Å². The number of benzene rings is 2. The van der Waals surface area contributed by atoms with Crippen LogP contribution in [0.5, 0.6) is 11.5 Å². The summed E-state index contributed by atoms with van der Waals surface area (Å²) in [6.07, 6.45) is 0. The van der Waals surface area contributed by atoms with Gasteiger partial charge < -0.3 is 19.8 Å². The standard InChI is InChI=1S/C19H21FN2O4/c1-26-15-11-13(10-14(20)12-15)18(19(24)25)22-8-6-21(7-9-22)16-4-2-3-5-17(16)23/h2-5,10-12,18,23H,6-9H2,1H3,(H,24,25)/t18-/m1/s1. The number of carboxylic acid groups (broad SMARTS) is 1. The van der Waals surface area contributed by atoms with E-state index in [9.17, 15) is 19.4 Å². The maximum Gasteiger partial charge on any atom is 0.325 e. The van der Waals surface area contributed by atoms with E-state index >= 15 is 0 Å². The molecule has 1 atom stereocenters. The highest BCUT2D eigenvalue weighted by Crippen LogP contribution is 2.30. The lowest BCUT2D eigenvalue weighted by Crippen LogP contribution is -2.49. The summed E-state index contributed by atoms with van der Waals surface area (Å²) in [7, 11) is 1.42. The van der Waals surface area contributed by atoms with Gasteiger partial charge in [0, 0.05) is 32.2 Å². The number of piperazine rings is 1. The number of phenolic OH excluding ortho intramolecular Hbond substituents is 1. The summed E-state index contributed by atoms with van der Waals surface area (Å²) < 4.78 is 18.9. The Morgan fingerprint density at radius 2 is 1.85 bits per heavy atom. The van der Waals surface area contributed by atoms with Crippen molar-refractivity contribution in [1.82, 2.24) is 4.90 Å². The molecule has 0 radical (unpaired) electrons. The van der Waals surface area contributed by atoms with Gasteiger partial charge in [0.05, 0.1) is 12.8 Å². The Bertz CT molecular complexity index is 791. The first-order valence-corrected chi connectivity index (χ1v) is 8.34. The number of phenols is 1. The zero-order valence-electron chi connectivity index (χ0n) is 14.4. The molecular formula is C19H21FN2O4. The SMILES string of the molecule is COc1cc(F)cc([C@H](C(=O)O)N2CCN(c3ccccc3O)CC2)c1. The van der Waals surface area contributed by atoms with Crippen LogP contribution in [0.3, 0.4) is 0 Å². The zero-order chi connectivity index (χ0) is 18.7. The number of methoxy groups -OCH3 is 1. The first-order chi connectivity index (χ1) is 12.5. The molecule has 2 N–H and O–H groups in total. The Hall–Kier alpha value is -2.80. The van der Waals surface area contributed by atoms with Crippen molar-refractivity contribution in [2.45, 2.75) is 6.04 Å². The van der Waals surface area contributed by atoms with Gasteiger partial charge in [0.25, 0.3) is 0 Å². The molecular weight excluding hydrogens is 339 g/mol. The molecule has 1 heterocycles. The first kappa shape index (κ1) is 18.0. The van der Waals surface area contributed by atoms with Crippen LogP contribution in [0.25, 0.3) is 0 Å². The molecule has 1 fully saturated rings. The van der Waals surface area contributed by atoms with Crippen LogP contribution in [0.15, 0.2) is 42.5 Å². The topological polar surface area (TPSA) is 73.2 Å². The van der Waals surface area contributed by atoms with Gasteiger partial charge >= 0.3 is 5.97 Å². The van der Waals surface area contributed by atoms with E-state index in [1.807, 2.05) is 17.0 Å². The van der Waals surface area contributed by atoms with Crippen molar-refractivity contribution >= 4 is 11.7 Å². The van der Waals surface area contributed by atoms with E-state index in [0.29, 0.717) is 37.5 Å². The number of aliphatic carboxylic acids is 1. The maximum atomic E-state index is 13.8. The quantitative estimate of drug-likeness (QED) is 0.854. The fraction of sp³-hybridized carbons (Fsp3) is 0.316. The number of carbonyl (C=O) groups is 1. The number of aromatic hydroxyl groups is 1. The summed E-state index contributed by atoms with van der Waals surface area (Å²) in [5.74, 6) is -1.07. The lowest BCUT2D eigenvalue weighted by molar-refractivity contribution is -0.143. The number of para-hydroxylation sites is 2. The maximum absolute atomic E-state index is 13.8. The van der Waals surface area contributed by atoms with Gasteiger partial charge in [-0.3, -0.25) is 9.69 Å². The Morgan fingerprint density at radius 1 is 1.15 bits per heavy atom. The van der Waals surface area contributed by atoms with Crippen LogP contribution >= 0.6 is 0 Å². The molecule has 2 aromatic rings. The summed E-state index contributed by atoms with van der Waals surface area (Å²) in [5.41, 5.74) is 1.08. The number of carboxylic acids is 1. The highest BCUT2D eigenvalue weighted by atomic mass is 19.1. The van der Waals surface area contributed by atoms with Gasteiger partial charge in [-0.25, -0.2) is 4.39 Å². The minimum atomic E-state index is -1.03.